The van der Waals surface area contributed by atoms with E-state index in [4.69, 9.17) is 27.9 Å². The highest BCUT2D eigenvalue weighted by Gasteiger charge is 2.07. The fourth-order valence-electron chi connectivity index (χ4n) is 1.77. The van der Waals surface area contributed by atoms with Gasteiger partial charge in [-0.15, -0.1) is 0 Å². The molecule has 0 aliphatic heterocycles. The van der Waals surface area contributed by atoms with Gasteiger partial charge in [-0.25, -0.2) is 4.98 Å². The van der Waals surface area contributed by atoms with Gasteiger partial charge in [0.2, 0.25) is 0 Å². The summed E-state index contributed by atoms with van der Waals surface area (Å²) in [6.45, 7) is 3.67. The maximum absolute atomic E-state index is 11.8. The van der Waals surface area contributed by atoms with Crippen molar-refractivity contribution < 1.29 is 9.53 Å². The van der Waals surface area contributed by atoms with Crippen molar-refractivity contribution >= 4 is 34.9 Å². The Hall–Kier alpha value is -1.78. The van der Waals surface area contributed by atoms with Gasteiger partial charge in [0, 0.05) is 11.2 Å². The minimum Gasteiger partial charge on any atom is -0.484 e. The molecule has 2 aromatic rings. The molecule has 0 saturated carbocycles. The summed E-state index contributed by atoms with van der Waals surface area (Å²) in [6.07, 6.45) is 1.46. The number of carbonyl (C=O) groups excluding carboxylic acids is 1. The van der Waals surface area contributed by atoms with Gasteiger partial charge in [-0.05, 0) is 49.2 Å². The van der Waals surface area contributed by atoms with E-state index < -0.39 is 0 Å². The molecule has 1 aromatic heterocycles. The zero-order valence-corrected chi connectivity index (χ0v) is 13.1. The predicted molar refractivity (Wildman–Crippen MR) is 84.3 cm³/mol. The standard InChI is InChI=1S/C15H14Cl2N2O2/c1-9-5-12(6-10(2)15(9)17)21-8-14(20)19-13-4-3-11(16)7-18-13/h3-7H,8H2,1-2H3,(H,18,19,20). The topological polar surface area (TPSA) is 51.2 Å². The zero-order chi connectivity index (χ0) is 15.4. The molecular weight excluding hydrogens is 311 g/mol. The second-order valence-corrected chi connectivity index (χ2v) is 5.38. The molecule has 0 unspecified atom stereocenters. The molecule has 0 fully saturated rings. The van der Waals surface area contributed by atoms with Crippen LogP contribution in [0.25, 0.3) is 0 Å². The highest BCUT2D eigenvalue weighted by molar-refractivity contribution is 6.32. The third kappa shape index (κ3) is 4.34. The van der Waals surface area contributed by atoms with E-state index in [-0.39, 0.29) is 12.5 Å². The highest BCUT2D eigenvalue weighted by atomic mass is 35.5. The number of amides is 1. The highest BCUT2D eigenvalue weighted by Crippen LogP contribution is 2.25. The van der Waals surface area contributed by atoms with Crippen molar-refractivity contribution in [3.8, 4) is 5.75 Å². The van der Waals surface area contributed by atoms with Gasteiger partial charge in [0.15, 0.2) is 6.61 Å². The second kappa shape index (κ2) is 6.78. The van der Waals surface area contributed by atoms with E-state index >= 15 is 0 Å². The summed E-state index contributed by atoms with van der Waals surface area (Å²) in [6, 6.07) is 6.86. The summed E-state index contributed by atoms with van der Waals surface area (Å²) < 4.78 is 5.46. The van der Waals surface area contributed by atoms with Gasteiger partial charge in [0.25, 0.3) is 5.91 Å². The van der Waals surface area contributed by atoms with Gasteiger partial charge in [0.05, 0.1) is 5.02 Å². The normalized spacial score (nSPS) is 10.3. The van der Waals surface area contributed by atoms with Crippen molar-refractivity contribution in [2.75, 3.05) is 11.9 Å². The molecule has 110 valence electrons. The zero-order valence-electron chi connectivity index (χ0n) is 11.6. The molecule has 0 radical (unpaired) electrons. The van der Waals surface area contributed by atoms with Crippen LogP contribution in [0.4, 0.5) is 5.82 Å². The summed E-state index contributed by atoms with van der Waals surface area (Å²) in [5.41, 5.74) is 1.82. The number of nitrogens with one attached hydrogen (secondary N) is 1. The number of hydrogen-bond donors (Lipinski definition) is 1. The van der Waals surface area contributed by atoms with E-state index in [2.05, 4.69) is 10.3 Å². The minimum atomic E-state index is -0.296. The van der Waals surface area contributed by atoms with Crippen molar-refractivity contribution in [2.45, 2.75) is 13.8 Å². The molecular formula is C15H14Cl2N2O2. The van der Waals surface area contributed by atoms with Gasteiger partial charge in [-0.3, -0.25) is 4.79 Å². The molecule has 0 aliphatic carbocycles. The number of pyridine rings is 1. The maximum atomic E-state index is 11.8. The van der Waals surface area contributed by atoms with E-state index in [1.807, 2.05) is 13.8 Å². The van der Waals surface area contributed by atoms with Crippen LogP contribution in [0.3, 0.4) is 0 Å². The van der Waals surface area contributed by atoms with E-state index in [1.54, 1.807) is 24.3 Å². The first-order valence-electron chi connectivity index (χ1n) is 6.26. The van der Waals surface area contributed by atoms with Gasteiger partial charge in [-0.1, -0.05) is 23.2 Å². The van der Waals surface area contributed by atoms with Gasteiger partial charge >= 0.3 is 0 Å². The maximum Gasteiger partial charge on any atom is 0.263 e. The summed E-state index contributed by atoms with van der Waals surface area (Å²) >= 11 is 11.8. The van der Waals surface area contributed by atoms with E-state index in [9.17, 15) is 4.79 Å². The summed E-state index contributed by atoms with van der Waals surface area (Å²) in [4.78, 5) is 15.7. The Morgan fingerprint density at radius 1 is 1.24 bits per heavy atom. The van der Waals surface area contributed by atoms with E-state index in [1.165, 1.54) is 6.20 Å². The lowest BCUT2D eigenvalue weighted by Gasteiger charge is -2.10. The predicted octanol–water partition coefficient (Wildman–Crippen LogP) is 4.02. The molecule has 0 atom stereocenters. The van der Waals surface area contributed by atoms with Crippen molar-refractivity contribution in [3.63, 3.8) is 0 Å². The first-order valence-corrected chi connectivity index (χ1v) is 7.02. The Kier molecular flexibility index (Phi) is 5.04. The first kappa shape index (κ1) is 15.6. The van der Waals surface area contributed by atoms with Crippen molar-refractivity contribution in [1.29, 1.82) is 0 Å². The largest absolute Gasteiger partial charge is 0.484 e. The molecule has 1 amide bonds. The van der Waals surface area contributed by atoms with Crippen molar-refractivity contribution in [3.05, 3.63) is 51.6 Å². The number of nitrogens with zero attached hydrogens (tertiary/aromatic N) is 1. The SMILES string of the molecule is Cc1cc(OCC(=O)Nc2ccc(Cl)cn2)cc(C)c1Cl. The Labute approximate surface area is 133 Å². The van der Waals surface area contributed by atoms with Crippen LogP contribution in [0.5, 0.6) is 5.75 Å². The lowest BCUT2D eigenvalue weighted by molar-refractivity contribution is -0.118. The average molecular weight is 325 g/mol. The number of hydrogen-bond acceptors (Lipinski definition) is 3. The van der Waals surface area contributed by atoms with Crippen LogP contribution in [0, 0.1) is 13.8 Å². The molecule has 1 N–H and O–H groups in total. The average Bonchev–Trinajstić information content (AvgIpc) is 2.45. The van der Waals surface area contributed by atoms with Crippen LogP contribution in [0.15, 0.2) is 30.5 Å². The molecule has 1 heterocycles. The molecule has 21 heavy (non-hydrogen) atoms. The number of rotatable bonds is 4. The van der Waals surface area contributed by atoms with Crippen molar-refractivity contribution in [1.82, 2.24) is 4.98 Å². The van der Waals surface area contributed by atoms with Crippen LogP contribution < -0.4 is 10.1 Å². The third-order valence-corrected chi connectivity index (χ3v) is 3.59. The van der Waals surface area contributed by atoms with Crippen LogP contribution in [-0.4, -0.2) is 17.5 Å². The minimum absolute atomic E-state index is 0.106. The smallest absolute Gasteiger partial charge is 0.263 e. The molecule has 0 aliphatic rings. The molecule has 6 heteroatoms. The number of aromatic nitrogens is 1. The number of carbonyl (C=O) groups is 1. The van der Waals surface area contributed by atoms with Gasteiger partial charge in [0.1, 0.15) is 11.6 Å². The molecule has 0 saturated heterocycles. The molecule has 4 nitrogen and oxygen atoms in total. The fourth-order valence-corrected chi connectivity index (χ4v) is 1.99. The number of aryl methyl sites for hydroxylation is 2. The van der Waals surface area contributed by atoms with E-state index in [0.29, 0.717) is 21.6 Å². The van der Waals surface area contributed by atoms with Crippen LogP contribution in [0.2, 0.25) is 10.0 Å². The fraction of sp³-hybridized carbons (Fsp3) is 0.200. The van der Waals surface area contributed by atoms with Crippen LogP contribution in [0.1, 0.15) is 11.1 Å². The Bertz CT molecular complexity index is 634. The summed E-state index contributed by atoms with van der Waals surface area (Å²) in [5, 5.41) is 3.84. The molecule has 0 bridgehead atoms. The number of halogens is 2. The third-order valence-electron chi connectivity index (χ3n) is 2.77. The van der Waals surface area contributed by atoms with E-state index in [0.717, 1.165) is 11.1 Å². The Balaban J connectivity index is 1.93. The number of benzene rings is 1. The monoisotopic (exact) mass is 324 g/mol. The lowest BCUT2D eigenvalue weighted by Crippen LogP contribution is -2.20. The quantitative estimate of drug-likeness (QED) is 0.923. The second-order valence-electron chi connectivity index (χ2n) is 4.57. The van der Waals surface area contributed by atoms with Crippen LogP contribution in [-0.2, 0) is 4.79 Å². The Morgan fingerprint density at radius 2 is 1.90 bits per heavy atom. The Morgan fingerprint density at radius 3 is 2.48 bits per heavy atom. The van der Waals surface area contributed by atoms with Crippen molar-refractivity contribution in [2.24, 2.45) is 0 Å². The first-order chi connectivity index (χ1) is 9.95. The summed E-state index contributed by atoms with van der Waals surface area (Å²) in [5.74, 6) is 0.736. The van der Waals surface area contributed by atoms with Crippen LogP contribution >= 0.6 is 23.2 Å². The van der Waals surface area contributed by atoms with Gasteiger partial charge in [-0.2, -0.15) is 0 Å². The summed E-state index contributed by atoms with van der Waals surface area (Å²) in [7, 11) is 0. The molecule has 2 rings (SSSR count). The van der Waals surface area contributed by atoms with Gasteiger partial charge < -0.3 is 10.1 Å². The molecule has 1 aromatic carbocycles. The number of ether oxygens (including phenoxy) is 1. The number of anilines is 1. The molecule has 0 spiro atoms. The lowest BCUT2D eigenvalue weighted by atomic mass is 10.1.